The first-order chi connectivity index (χ1) is 18.8. The molecule has 2 aromatic heterocycles. The summed E-state index contributed by atoms with van der Waals surface area (Å²) in [6.07, 6.45) is -0.700. The summed E-state index contributed by atoms with van der Waals surface area (Å²) < 4.78 is 67.4. The minimum Gasteiger partial charge on any atom is -0.488 e. The molecule has 1 amide bonds. The van der Waals surface area contributed by atoms with Crippen molar-refractivity contribution in [3.05, 3.63) is 52.7 Å². The summed E-state index contributed by atoms with van der Waals surface area (Å²) in [6, 6.07) is 6.88. The van der Waals surface area contributed by atoms with E-state index in [2.05, 4.69) is 9.88 Å². The van der Waals surface area contributed by atoms with Crippen LogP contribution in [0.5, 0.6) is 5.75 Å². The number of rotatable bonds is 9. The van der Waals surface area contributed by atoms with Gasteiger partial charge in [0.2, 0.25) is 10.0 Å². The molecule has 1 aromatic carbocycles. The van der Waals surface area contributed by atoms with Gasteiger partial charge in [-0.25, -0.2) is 16.8 Å². The third kappa shape index (κ3) is 5.88. The normalized spacial score (nSPS) is 19.1. The van der Waals surface area contributed by atoms with Crippen LogP contribution < -0.4 is 9.46 Å². The molecule has 0 fully saturated rings. The third-order valence-corrected chi connectivity index (χ3v) is 11.6. The van der Waals surface area contributed by atoms with Gasteiger partial charge in [0, 0.05) is 25.2 Å². The van der Waals surface area contributed by atoms with Crippen LogP contribution in [0.1, 0.15) is 35.7 Å². The molecule has 0 unspecified atom stereocenters. The number of sulfonamides is 2. The molecule has 4 rings (SSSR count). The van der Waals surface area contributed by atoms with Gasteiger partial charge in [-0.15, -0.1) is 11.3 Å². The van der Waals surface area contributed by atoms with Gasteiger partial charge in [-0.05, 0) is 50.4 Å². The number of nitrogens with zero attached hydrogens (tertiary/aromatic N) is 3. The molecule has 1 aliphatic heterocycles. The number of benzene rings is 1. The average molecular weight is 613 g/mol. The Bertz CT molecular complexity index is 1570. The van der Waals surface area contributed by atoms with Crippen LogP contribution in [-0.4, -0.2) is 81.1 Å². The summed E-state index contributed by atoms with van der Waals surface area (Å²) >= 11 is 1.06. The lowest BCUT2D eigenvalue weighted by molar-refractivity contribution is 0.0387. The fourth-order valence-corrected chi connectivity index (χ4v) is 7.98. The molecule has 0 saturated carbocycles. The number of carbonyl (C=O) groups is 1. The maximum Gasteiger partial charge on any atom is 0.271 e. The molecule has 3 aromatic rings. The molecule has 0 aliphatic carbocycles. The van der Waals surface area contributed by atoms with E-state index < -0.39 is 38.1 Å². The zero-order valence-corrected chi connectivity index (χ0v) is 25.1. The van der Waals surface area contributed by atoms with Gasteiger partial charge in [-0.2, -0.15) is 4.31 Å². The first-order valence-electron chi connectivity index (χ1n) is 12.4. The van der Waals surface area contributed by atoms with Gasteiger partial charge in [0.15, 0.2) is 5.76 Å². The van der Waals surface area contributed by atoms with Gasteiger partial charge in [0.25, 0.3) is 15.9 Å². The molecule has 3 atom stereocenters. The van der Waals surface area contributed by atoms with Gasteiger partial charge in [-0.1, -0.05) is 18.1 Å². The number of carbonyl (C=O) groups excluding carboxylic acids is 1. The van der Waals surface area contributed by atoms with Crippen LogP contribution >= 0.6 is 11.3 Å². The van der Waals surface area contributed by atoms with Crippen LogP contribution in [0.3, 0.4) is 0 Å². The van der Waals surface area contributed by atoms with E-state index in [0.29, 0.717) is 0 Å². The first-order valence-corrected chi connectivity index (χ1v) is 16.2. The van der Waals surface area contributed by atoms with E-state index >= 15 is 0 Å². The zero-order valence-electron chi connectivity index (χ0n) is 22.7. The van der Waals surface area contributed by atoms with Crippen molar-refractivity contribution in [1.82, 2.24) is 14.4 Å². The molecule has 0 spiro atoms. The molecule has 3 heterocycles. The summed E-state index contributed by atoms with van der Waals surface area (Å²) in [7, 11) is -6.41. The smallest absolute Gasteiger partial charge is 0.271 e. The van der Waals surface area contributed by atoms with Gasteiger partial charge in [0.05, 0.1) is 24.8 Å². The molecule has 0 radical (unpaired) electrons. The molecule has 2 N–H and O–H groups in total. The number of aliphatic hydroxyl groups is 1. The number of aryl methyl sites for hydroxylation is 2. The van der Waals surface area contributed by atoms with Crippen molar-refractivity contribution >= 4 is 43.0 Å². The Hall–Kier alpha value is -2.98. The fraction of sp³-hybridized carbons (Fsp3) is 0.440. The number of aromatic nitrogens is 1. The number of nitrogens with one attached hydrogen (secondary N) is 1. The highest BCUT2D eigenvalue weighted by atomic mass is 32.2. The highest BCUT2D eigenvalue weighted by Crippen LogP contribution is 2.32. The molecular weight excluding hydrogens is 580 g/mol. The Morgan fingerprint density at radius 1 is 1.25 bits per heavy atom. The van der Waals surface area contributed by atoms with Crippen LogP contribution in [0.15, 0.2) is 49.3 Å². The monoisotopic (exact) mass is 612 g/mol. The first kappa shape index (κ1) is 30.0. The minimum absolute atomic E-state index is 0.0118. The van der Waals surface area contributed by atoms with Crippen molar-refractivity contribution in [2.24, 2.45) is 5.92 Å². The zero-order chi connectivity index (χ0) is 29.4. The molecule has 12 nitrogen and oxygen atoms in total. The number of hydrogen-bond donors (Lipinski definition) is 2. The van der Waals surface area contributed by atoms with Gasteiger partial charge >= 0.3 is 0 Å². The predicted octanol–water partition coefficient (Wildman–Crippen LogP) is 2.69. The highest BCUT2D eigenvalue weighted by Gasteiger charge is 2.37. The van der Waals surface area contributed by atoms with Gasteiger partial charge in [0.1, 0.15) is 26.7 Å². The minimum atomic E-state index is -3.97. The van der Waals surface area contributed by atoms with Crippen LogP contribution in [0, 0.1) is 19.8 Å². The van der Waals surface area contributed by atoms with Crippen molar-refractivity contribution < 1.29 is 36.0 Å². The summed E-state index contributed by atoms with van der Waals surface area (Å²) in [5.41, 5.74) is 0.483. The quantitative estimate of drug-likeness (QED) is 0.370. The molecule has 218 valence electrons. The van der Waals surface area contributed by atoms with Gasteiger partial charge in [-0.3, -0.25) is 9.52 Å². The number of amides is 1. The molecular formula is C25H32N4O8S3. The second-order valence-corrected chi connectivity index (χ2v) is 14.6. The van der Waals surface area contributed by atoms with E-state index in [4.69, 9.17) is 9.26 Å². The largest absolute Gasteiger partial charge is 0.488 e. The molecule has 1 aliphatic rings. The predicted molar refractivity (Wildman–Crippen MR) is 149 cm³/mol. The summed E-state index contributed by atoms with van der Waals surface area (Å²) in [4.78, 5) is 15.1. The number of hydrogen-bond acceptors (Lipinski definition) is 10. The molecule has 0 bridgehead atoms. The second-order valence-electron chi connectivity index (χ2n) is 9.81. The fourth-order valence-electron chi connectivity index (χ4n) is 4.48. The van der Waals surface area contributed by atoms with Crippen molar-refractivity contribution in [3.63, 3.8) is 0 Å². The Morgan fingerprint density at radius 3 is 2.58 bits per heavy atom. The Kier molecular flexibility index (Phi) is 8.61. The van der Waals surface area contributed by atoms with E-state index in [1.807, 2.05) is 6.92 Å². The molecule has 40 heavy (non-hydrogen) atoms. The number of likely N-dealkylation sites (N-methyl/N-ethyl adjacent to an activating group) is 1. The molecule has 15 heteroatoms. The lowest BCUT2D eigenvalue weighted by atomic mass is 9.99. The maximum absolute atomic E-state index is 13.6. The third-order valence-electron chi connectivity index (χ3n) is 6.75. The number of aliphatic hydroxyl groups excluding tert-OH is 1. The number of anilines is 1. The number of ether oxygens (including phenoxy) is 1. The summed E-state index contributed by atoms with van der Waals surface area (Å²) in [5.74, 6) is -0.451. The Morgan fingerprint density at radius 2 is 1.98 bits per heavy atom. The van der Waals surface area contributed by atoms with Crippen LogP contribution in [-0.2, 0) is 20.0 Å². The van der Waals surface area contributed by atoms with Crippen LogP contribution in [0.2, 0.25) is 0 Å². The van der Waals surface area contributed by atoms with Crippen molar-refractivity contribution in [2.75, 3.05) is 31.5 Å². The van der Waals surface area contributed by atoms with Crippen LogP contribution in [0.25, 0.3) is 0 Å². The lowest BCUT2D eigenvalue weighted by Gasteiger charge is -2.38. The molecule has 0 saturated heterocycles. The summed E-state index contributed by atoms with van der Waals surface area (Å²) in [6.45, 7) is 6.40. The van der Waals surface area contributed by atoms with E-state index in [1.165, 1.54) is 43.1 Å². The summed E-state index contributed by atoms with van der Waals surface area (Å²) in [5, 5.41) is 15.3. The van der Waals surface area contributed by atoms with E-state index in [0.717, 1.165) is 15.6 Å². The van der Waals surface area contributed by atoms with Crippen LogP contribution in [0.4, 0.5) is 5.69 Å². The maximum atomic E-state index is 13.6. The van der Waals surface area contributed by atoms with Crippen molar-refractivity contribution in [2.45, 2.75) is 48.9 Å². The number of thiophene rings is 1. The lowest BCUT2D eigenvalue weighted by Crippen LogP contribution is -2.50. The average Bonchev–Trinajstić information content (AvgIpc) is 3.56. The highest BCUT2D eigenvalue weighted by molar-refractivity contribution is 7.94. The SMILES string of the molecule is Cc1noc(C)c1S(=O)(=O)N(C)C[C@H]1Oc2ccc(NS(=O)(=O)c3cccs3)cc2C(=O)N([C@H](C)CO)C[C@H]1C. The van der Waals surface area contributed by atoms with Gasteiger partial charge < -0.3 is 19.3 Å². The van der Waals surface area contributed by atoms with E-state index in [9.17, 15) is 26.7 Å². The Balaban J connectivity index is 1.70. The van der Waals surface area contributed by atoms with E-state index in [1.54, 1.807) is 25.3 Å². The second kappa shape index (κ2) is 11.5. The van der Waals surface area contributed by atoms with Crippen molar-refractivity contribution in [3.8, 4) is 5.75 Å². The topological polar surface area (TPSA) is 159 Å². The number of fused-ring (bicyclic) bond motifs is 1. The van der Waals surface area contributed by atoms with Crippen molar-refractivity contribution in [1.29, 1.82) is 0 Å². The Labute approximate surface area is 237 Å². The van der Waals surface area contributed by atoms with E-state index in [-0.39, 0.29) is 63.2 Å². The standard InChI is InChI=1S/C25H32N4O8S3/c1-15-12-29(16(2)14-30)25(31)20-11-19(27-39(32,33)23-7-6-10-38-23)8-9-21(20)36-22(15)13-28(5)40(34,35)24-17(3)26-37-18(24)4/h6-11,15-16,22,27,30H,12-14H2,1-5H3/t15-,16-,22-/m1/s1.